The smallest absolute Gasteiger partial charge is 0.343 e. The van der Waals surface area contributed by atoms with Crippen molar-refractivity contribution in [1.82, 2.24) is 34.4 Å². The number of hydrogen-bond acceptors (Lipinski definition) is 6. The molecular weight excluding hydrogens is 439 g/mol. The number of alkyl halides is 3. The van der Waals surface area contributed by atoms with Crippen LogP contribution in [-0.4, -0.2) is 47.7 Å². The Labute approximate surface area is 186 Å². The normalized spacial score (nSPS) is 15.3. The zero-order valence-corrected chi connectivity index (χ0v) is 17.7. The largest absolute Gasteiger partial charge is 0.395 e. The van der Waals surface area contributed by atoms with Crippen molar-refractivity contribution in [2.24, 2.45) is 0 Å². The van der Waals surface area contributed by atoms with Crippen molar-refractivity contribution in [3.05, 3.63) is 54.9 Å². The SMILES string of the molecule is FC(F)(F)C(CCSNC1CC1)c1ccc(-n2cc(-c3ccnc4nc[nH]c34)cn2)nc1. The second-order valence-electron chi connectivity index (χ2n) is 7.71. The zero-order chi connectivity index (χ0) is 22.1. The van der Waals surface area contributed by atoms with E-state index in [1.54, 1.807) is 35.7 Å². The van der Waals surface area contributed by atoms with E-state index in [2.05, 4.69) is 29.8 Å². The second kappa shape index (κ2) is 8.55. The molecule has 7 nitrogen and oxygen atoms in total. The molecule has 166 valence electrons. The average Bonchev–Trinajstić information content (AvgIpc) is 3.25. The van der Waals surface area contributed by atoms with Crippen molar-refractivity contribution >= 4 is 23.1 Å². The molecule has 32 heavy (non-hydrogen) atoms. The lowest BCUT2D eigenvalue weighted by Crippen LogP contribution is -2.22. The van der Waals surface area contributed by atoms with Gasteiger partial charge in [-0.3, -0.25) is 4.72 Å². The molecule has 1 unspecified atom stereocenters. The molecule has 4 aromatic rings. The van der Waals surface area contributed by atoms with Gasteiger partial charge in [-0.1, -0.05) is 18.0 Å². The standard InChI is InChI=1S/C21H20F3N7S/c22-21(23,24)17(6-8-32-30-15-2-3-15)13-1-4-18(26-9-13)31-11-14(10-29-31)16-5-7-25-20-19(16)27-12-28-20/h1,4-5,7,9-12,15,17,30H,2-3,6,8H2,(H,25,27,28). The van der Waals surface area contributed by atoms with Crippen molar-refractivity contribution in [2.45, 2.75) is 37.4 Å². The maximum Gasteiger partial charge on any atom is 0.395 e. The van der Waals surface area contributed by atoms with Crippen LogP contribution in [-0.2, 0) is 0 Å². The average molecular weight is 460 g/mol. The number of H-pyrrole nitrogens is 1. The molecule has 11 heteroatoms. The number of imidazole rings is 1. The van der Waals surface area contributed by atoms with Gasteiger partial charge in [0, 0.05) is 41.5 Å². The Hall–Kier alpha value is -2.92. The lowest BCUT2D eigenvalue weighted by Gasteiger charge is -2.20. The Morgan fingerprint density at radius 1 is 1.16 bits per heavy atom. The van der Waals surface area contributed by atoms with Crippen LogP contribution in [0, 0.1) is 0 Å². The summed E-state index contributed by atoms with van der Waals surface area (Å²) < 4.78 is 45.6. The minimum absolute atomic E-state index is 0.00303. The second-order valence-corrected chi connectivity index (χ2v) is 8.64. The van der Waals surface area contributed by atoms with Gasteiger partial charge in [0.1, 0.15) is 0 Å². The van der Waals surface area contributed by atoms with E-state index < -0.39 is 12.1 Å². The fourth-order valence-corrected chi connectivity index (χ4v) is 4.43. The molecule has 0 aliphatic heterocycles. The van der Waals surface area contributed by atoms with Crippen LogP contribution in [0.4, 0.5) is 13.2 Å². The van der Waals surface area contributed by atoms with Gasteiger partial charge in [0.05, 0.1) is 24.0 Å². The van der Waals surface area contributed by atoms with E-state index in [9.17, 15) is 13.2 Å². The first-order chi connectivity index (χ1) is 15.5. The molecule has 0 aromatic carbocycles. The summed E-state index contributed by atoms with van der Waals surface area (Å²) in [6.07, 6.45) is 5.87. The summed E-state index contributed by atoms with van der Waals surface area (Å²) in [6.45, 7) is 0. The van der Waals surface area contributed by atoms with Crippen LogP contribution < -0.4 is 4.72 Å². The topological polar surface area (TPSA) is 84.3 Å². The van der Waals surface area contributed by atoms with E-state index in [1.807, 2.05) is 6.07 Å². The van der Waals surface area contributed by atoms with E-state index in [-0.39, 0.29) is 12.0 Å². The Kier molecular flexibility index (Phi) is 5.60. The van der Waals surface area contributed by atoms with Crippen LogP contribution in [0.5, 0.6) is 0 Å². The number of nitrogens with one attached hydrogen (secondary N) is 2. The maximum atomic E-state index is 13.6. The number of halogens is 3. The van der Waals surface area contributed by atoms with Gasteiger partial charge in [-0.2, -0.15) is 18.3 Å². The first-order valence-electron chi connectivity index (χ1n) is 10.2. The van der Waals surface area contributed by atoms with E-state index in [0.29, 0.717) is 23.3 Å². The molecule has 1 fully saturated rings. The highest BCUT2D eigenvalue weighted by molar-refractivity contribution is 7.97. The Bertz CT molecular complexity index is 1200. The summed E-state index contributed by atoms with van der Waals surface area (Å²) in [5.74, 6) is -0.712. The summed E-state index contributed by atoms with van der Waals surface area (Å²) >= 11 is 1.37. The van der Waals surface area contributed by atoms with Gasteiger partial charge in [0.15, 0.2) is 11.5 Å². The molecule has 1 atom stereocenters. The number of rotatable bonds is 8. The summed E-state index contributed by atoms with van der Waals surface area (Å²) in [5.41, 5.74) is 3.25. The molecule has 1 saturated carbocycles. The van der Waals surface area contributed by atoms with Crippen molar-refractivity contribution in [2.75, 3.05) is 5.75 Å². The molecule has 0 radical (unpaired) electrons. The highest BCUT2D eigenvalue weighted by atomic mass is 32.2. The van der Waals surface area contributed by atoms with E-state index in [1.165, 1.54) is 24.2 Å². The fraction of sp³-hybridized carbons (Fsp3) is 0.333. The highest BCUT2D eigenvalue weighted by Gasteiger charge is 2.40. The Morgan fingerprint density at radius 2 is 2.03 bits per heavy atom. The van der Waals surface area contributed by atoms with Crippen LogP contribution in [0.25, 0.3) is 28.1 Å². The van der Waals surface area contributed by atoms with Crippen molar-refractivity contribution < 1.29 is 13.2 Å². The molecule has 4 aromatic heterocycles. The zero-order valence-electron chi connectivity index (χ0n) is 16.9. The lowest BCUT2D eigenvalue weighted by molar-refractivity contribution is -0.150. The van der Waals surface area contributed by atoms with Crippen LogP contribution in [0.1, 0.15) is 30.7 Å². The van der Waals surface area contributed by atoms with E-state index in [0.717, 1.165) is 29.5 Å². The molecule has 2 N–H and O–H groups in total. The molecule has 1 aliphatic carbocycles. The number of pyridine rings is 2. The molecule has 0 spiro atoms. The minimum atomic E-state index is -4.32. The molecule has 1 aliphatic rings. The third-order valence-electron chi connectivity index (χ3n) is 5.36. The molecular formula is C21H20F3N7S. The molecule has 0 bridgehead atoms. The lowest BCUT2D eigenvalue weighted by atomic mass is 9.97. The molecule has 0 amide bonds. The third-order valence-corrected chi connectivity index (χ3v) is 6.30. The maximum absolute atomic E-state index is 13.6. The highest BCUT2D eigenvalue weighted by Crippen LogP contribution is 2.38. The van der Waals surface area contributed by atoms with Gasteiger partial charge >= 0.3 is 6.18 Å². The molecule has 5 rings (SSSR count). The monoisotopic (exact) mass is 459 g/mol. The van der Waals surface area contributed by atoms with Gasteiger partial charge in [0.2, 0.25) is 0 Å². The predicted octanol–water partition coefficient (Wildman–Crippen LogP) is 4.64. The number of aromatic nitrogens is 6. The number of aromatic amines is 1. The summed E-state index contributed by atoms with van der Waals surface area (Å²) in [6, 6.07) is 5.36. The van der Waals surface area contributed by atoms with Crippen LogP contribution in [0.3, 0.4) is 0 Å². The summed E-state index contributed by atoms with van der Waals surface area (Å²) in [4.78, 5) is 15.7. The van der Waals surface area contributed by atoms with Gasteiger partial charge in [-0.15, -0.1) is 0 Å². The Balaban J connectivity index is 1.33. The van der Waals surface area contributed by atoms with Crippen LogP contribution in [0.2, 0.25) is 0 Å². The van der Waals surface area contributed by atoms with E-state index >= 15 is 0 Å². The molecule has 4 heterocycles. The predicted molar refractivity (Wildman–Crippen MR) is 116 cm³/mol. The van der Waals surface area contributed by atoms with Crippen molar-refractivity contribution in [3.63, 3.8) is 0 Å². The van der Waals surface area contributed by atoms with E-state index in [4.69, 9.17) is 0 Å². The summed E-state index contributed by atoms with van der Waals surface area (Å²) in [5, 5.41) is 4.33. The van der Waals surface area contributed by atoms with Gasteiger partial charge in [-0.05, 0) is 37.0 Å². The number of nitrogens with zero attached hydrogens (tertiary/aromatic N) is 5. The van der Waals surface area contributed by atoms with Crippen LogP contribution >= 0.6 is 11.9 Å². The quantitative estimate of drug-likeness (QED) is 0.295. The Morgan fingerprint density at radius 3 is 2.78 bits per heavy atom. The first kappa shape index (κ1) is 21.0. The third kappa shape index (κ3) is 4.49. The van der Waals surface area contributed by atoms with Gasteiger partial charge in [0.25, 0.3) is 0 Å². The fourth-order valence-electron chi connectivity index (χ4n) is 3.49. The number of hydrogen-bond donors (Lipinski definition) is 2. The summed E-state index contributed by atoms with van der Waals surface area (Å²) in [7, 11) is 0. The van der Waals surface area contributed by atoms with Gasteiger partial charge in [-0.25, -0.2) is 19.6 Å². The number of fused-ring (bicyclic) bond motifs is 1. The van der Waals surface area contributed by atoms with Crippen LogP contribution in [0.15, 0.2) is 49.3 Å². The van der Waals surface area contributed by atoms with Crippen molar-refractivity contribution in [3.8, 4) is 16.9 Å². The molecule has 0 saturated heterocycles. The minimum Gasteiger partial charge on any atom is -0.343 e. The first-order valence-corrected chi connectivity index (χ1v) is 11.2. The van der Waals surface area contributed by atoms with Crippen molar-refractivity contribution in [1.29, 1.82) is 0 Å². The van der Waals surface area contributed by atoms with Gasteiger partial charge < -0.3 is 4.98 Å².